The second-order valence-corrected chi connectivity index (χ2v) is 10.8. The Balaban J connectivity index is 2.31. The van der Waals surface area contributed by atoms with Crippen molar-refractivity contribution in [2.75, 3.05) is 14.2 Å². The lowest BCUT2D eigenvalue weighted by Crippen LogP contribution is -2.18. The Bertz CT molecular complexity index is 813. The SMILES string of the molecule is COC(=O)C(PC(C)(C)C)c1c(C)ccc(OCc2ccc(OC)cc2)c1Br. The molecule has 2 atom stereocenters. The highest BCUT2D eigenvalue weighted by molar-refractivity contribution is 9.10. The summed E-state index contributed by atoms with van der Waals surface area (Å²) in [6, 6.07) is 11.7. The number of carbonyl (C=O) groups is 1. The zero-order chi connectivity index (χ0) is 20.9. The minimum absolute atomic E-state index is 0.00466. The number of aryl methyl sites for hydroxylation is 1. The number of carbonyl (C=O) groups excluding carboxylic acids is 1. The van der Waals surface area contributed by atoms with E-state index < -0.39 is 0 Å². The van der Waals surface area contributed by atoms with Gasteiger partial charge in [-0.2, -0.15) is 0 Å². The minimum Gasteiger partial charge on any atom is -0.497 e. The molecule has 0 radical (unpaired) electrons. The normalized spacial score (nSPS) is 12.8. The van der Waals surface area contributed by atoms with Crippen molar-refractivity contribution in [2.45, 2.75) is 45.1 Å². The van der Waals surface area contributed by atoms with Gasteiger partial charge in [0.25, 0.3) is 0 Å². The molecule has 2 unspecified atom stereocenters. The molecule has 0 aliphatic rings. The van der Waals surface area contributed by atoms with Gasteiger partial charge in [-0.3, -0.25) is 4.79 Å². The van der Waals surface area contributed by atoms with Crippen molar-refractivity contribution in [1.29, 1.82) is 0 Å². The van der Waals surface area contributed by atoms with Gasteiger partial charge in [-0.25, -0.2) is 0 Å². The highest BCUT2D eigenvalue weighted by Gasteiger charge is 2.31. The average molecular weight is 467 g/mol. The van der Waals surface area contributed by atoms with Crippen LogP contribution in [0.25, 0.3) is 0 Å². The highest BCUT2D eigenvalue weighted by Crippen LogP contribution is 2.49. The predicted molar refractivity (Wildman–Crippen MR) is 119 cm³/mol. The number of ether oxygens (including phenoxy) is 3. The standard InChI is InChI=1S/C22H28BrO4P/c1-14-7-12-17(27-13-15-8-10-16(25-5)11-9-15)19(23)18(14)20(21(24)26-6)28-22(2,3)4/h7-12,20,28H,13H2,1-6H3. The second-order valence-electron chi connectivity index (χ2n) is 7.60. The van der Waals surface area contributed by atoms with Crippen LogP contribution in [0.1, 0.15) is 43.1 Å². The molecule has 4 nitrogen and oxygen atoms in total. The summed E-state index contributed by atoms with van der Waals surface area (Å²) in [7, 11) is 3.47. The van der Waals surface area contributed by atoms with Gasteiger partial charge in [0.1, 0.15) is 23.8 Å². The lowest BCUT2D eigenvalue weighted by atomic mass is 10.0. The van der Waals surface area contributed by atoms with Gasteiger partial charge in [-0.1, -0.05) is 47.6 Å². The van der Waals surface area contributed by atoms with Gasteiger partial charge in [-0.05, 0) is 62.9 Å². The fourth-order valence-electron chi connectivity index (χ4n) is 2.82. The molecule has 0 saturated carbocycles. The molecule has 0 aliphatic carbocycles. The van der Waals surface area contributed by atoms with E-state index in [1.807, 2.05) is 43.3 Å². The van der Waals surface area contributed by atoms with E-state index >= 15 is 0 Å². The van der Waals surface area contributed by atoms with E-state index in [4.69, 9.17) is 14.2 Å². The van der Waals surface area contributed by atoms with Crippen molar-refractivity contribution < 1.29 is 19.0 Å². The van der Waals surface area contributed by atoms with E-state index in [9.17, 15) is 4.79 Å². The Morgan fingerprint density at radius 2 is 1.75 bits per heavy atom. The number of rotatable bonds is 7. The van der Waals surface area contributed by atoms with E-state index in [-0.39, 0.29) is 16.8 Å². The van der Waals surface area contributed by atoms with Crippen LogP contribution in [0.4, 0.5) is 0 Å². The molecule has 0 saturated heterocycles. The van der Waals surface area contributed by atoms with Gasteiger partial charge < -0.3 is 14.2 Å². The number of methoxy groups -OCH3 is 2. The molecule has 0 spiro atoms. The first-order valence-electron chi connectivity index (χ1n) is 9.06. The number of esters is 1. The maximum absolute atomic E-state index is 12.6. The van der Waals surface area contributed by atoms with Crippen molar-refractivity contribution in [2.24, 2.45) is 0 Å². The molecular formula is C22H28BrO4P. The maximum atomic E-state index is 12.6. The van der Waals surface area contributed by atoms with E-state index in [0.717, 1.165) is 26.9 Å². The van der Waals surface area contributed by atoms with Crippen LogP contribution in [-0.4, -0.2) is 25.3 Å². The first-order valence-corrected chi connectivity index (χ1v) is 10.9. The van der Waals surface area contributed by atoms with E-state index in [2.05, 4.69) is 36.7 Å². The van der Waals surface area contributed by atoms with Crippen molar-refractivity contribution in [3.63, 3.8) is 0 Å². The smallest absolute Gasteiger partial charge is 0.317 e. The summed E-state index contributed by atoms with van der Waals surface area (Å²) < 4.78 is 17.2. The number of hydrogen-bond acceptors (Lipinski definition) is 4. The fourth-order valence-corrected chi connectivity index (χ4v) is 5.44. The van der Waals surface area contributed by atoms with Gasteiger partial charge >= 0.3 is 5.97 Å². The number of benzene rings is 2. The molecule has 0 N–H and O–H groups in total. The molecule has 2 rings (SSSR count). The van der Waals surface area contributed by atoms with Crippen LogP contribution in [0.5, 0.6) is 11.5 Å². The first-order chi connectivity index (χ1) is 13.2. The number of halogens is 1. The Kier molecular flexibility index (Phi) is 7.91. The molecule has 0 amide bonds. The van der Waals surface area contributed by atoms with Crippen molar-refractivity contribution in [1.82, 2.24) is 0 Å². The summed E-state index contributed by atoms with van der Waals surface area (Å²) in [5, 5.41) is 0.00466. The molecule has 0 fully saturated rings. The lowest BCUT2D eigenvalue weighted by molar-refractivity contribution is -0.140. The third-order valence-electron chi connectivity index (χ3n) is 4.22. The summed E-state index contributed by atoms with van der Waals surface area (Å²) in [4.78, 5) is 12.6. The highest BCUT2D eigenvalue weighted by atomic mass is 79.9. The molecule has 2 aromatic rings. The maximum Gasteiger partial charge on any atom is 0.317 e. The average Bonchev–Trinajstić information content (AvgIpc) is 2.65. The van der Waals surface area contributed by atoms with E-state index in [0.29, 0.717) is 20.9 Å². The summed E-state index contributed by atoms with van der Waals surface area (Å²) >= 11 is 3.69. The summed E-state index contributed by atoms with van der Waals surface area (Å²) in [5.41, 5.74) is 2.68. The molecule has 0 bridgehead atoms. The zero-order valence-corrected chi connectivity index (χ0v) is 19.8. The van der Waals surface area contributed by atoms with E-state index in [1.54, 1.807) is 7.11 Å². The molecule has 6 heteroatoms. The van der Waals surface area contributed by atoms with Crippen molar-refractivity contribution in [3.8, 4) is 11.5 Å². The molecule has 0 aliphatic heterocycles. The Morgan fingerprint density at radius 1 is 1.11 bits per heavy atom. The van der Waals surface area contributed by atoms with Gasteiger partial charge in [0, 0.05) is 0 Å². The molecule has 2 aromatic carbocycles. The lowest BCUT2D eigenvalue weighted by Gasteiger charge is -2.27. The first kappa shape index (κ1) is 22.7. The van der Waals surface area contributed by atoms with Crippen LogP contribution in [-0.2, 0) is 16.1 Å². The van der Waals surface area contributed by atoms with Gasteiger partial charge in [0.2, 0.25) is 0 Å². The fraction of sp³-hybridized carbons (Fsp3) is 0.409. The van der Waals surface area contributed by atoms with Gasteiger partial charge in [0.15, 0.2) is 0 Å². The Hall–Kier alpha value is -1.58. The Labute approximate surface area is 177 Å². The molecular weight excluding hydrogens is 439 g/mol. The Morgan fingerprint density at radius 3 is 2.29 bits per heavy atom. The molecule has 28 heavy (non-hydrogen) atoms. The summed E-state index contributed by atoms with van der Waals surface area (Å²) in [5.74, 6) is 1.31. The van der Waals surface area contributed by atoms with Crippen LogP contribution in [0.2, 0.25) is 0 Å². The van der Waals surface area contributed by atoms with Gasteiger partial charge in [-0.15, -0.1) is 0 Å². The van der Waals surface area contributed by atoms with E-state index in [1.165, 1.54) is 7.11 Å². The quantitative estimate of drug-likeness (QED) is 0.368. The molecule has 0 heterocycles. The zero-order valence-electron chi connectivity index (χ0n) is 17.3. The van der Waals surface area contributed by atoms with Crippen LogP contribution in [0, 0.1) is 6.92 Å². The second kappa shape index (κ2) is 9.76. The van der Waals surface area contributed by atoms with Crippen LogP contribution in [0.15, 0.2) is 40.9 Å². The third kappa shape index (κ3) is 5.96. The van der Waals surface area contributed by atoms with Crippen LogP contribution < -0.4 is 9.47 Å². The summed E-state index contributed by atoms with van der Waals surface area (Å²) in [6.07, 6.45) is 0. The predicted octanol–water partition coefficient (Wildman–Crippen LogP) is 6.04. The van der Waals surface area contributed by atoms with Crippen LogP contribution in [0.3, 0.4) is 0 Å². The number of hydrogen-bond donors (Lipinski definition) is 0. The minimum atomic E-state index is -0.330. The largest absolute Gasteiger partial charge is 0.497 e. The molecule has 0 aromatic heterocycles. The van der Waals surface area contributed by atoms with Crippen molar-refractivity contribution >= 4 is 30.5 Å². The summed E-state index contributed by atoms with van der Waals surface area (Å²) in [6.45, 7) is 8.84. The third-order valence-corrected chi connectivity index (χ3v) is 6.72. The van der Waals surface area contributed by atoms with Crippen molar-refractivity contribution in [3.05, 3.63) is 57.6 Å². The topological polar surface area (TPSA) is 44.8 Å². The van der Waals surface area contributed by atoms with Gasteiger partial charge in [0.05, 0.1) is 18.7 Å². The molecule has 152 valence electrons. The monoisotopic (exact) mass is 466 g/mol. The van der Waals surface area contributed by atoms with Crippen LogP contribution >= 0.6 is 24.5 Å².